The van der Waals surface area contributed by atoms with Crippen molar-refractivity contribution in [2.75, 3.05) is 0 Å². The van der Waals surface area contributed by atoms with Gasteiger partial charge in [0.1, 0.15) is 11.7 Å². The largest absolute Gasteiger partial charge is 0.481 e. The van der Waals surface area contributed by atoms with E-state index in [2.05, 4.69) is 9.97 Å². The third kappa shape index (κ3) is 1.71. The average molecular weight is 206 g/mol. The Morgan fingerprint density at radius 3 is 2.60 bits per heavy atom. The molecule has 4 nitrogen and oxygen atoms in total. The Balaban J connectivity index is 2.38. The highest BCUT2D eigenvalue weighted by molar-refractivity contribution is 5.80. The molecule has 15 heavy (non-hydrogen) atoms. The average Bonchev–Trinajstić information content (AvgIpc) is 2.31. The zero-order chi connectivity index (χ0) is 10.7. The van der Waals surface area contributed by atoms with Crippen molar-refractivity contribution >= 4 is 5.97 Å². The van der Waals surface area contributed by atoms with E-state index in [4.69, 9.17) is 0 Å². The van der Waals surface area contributed by atoms with Gasteiger partial charge in [-0.05, 0) is 18.9 Å². The predicted octanol–water partition coefficient (Wildman–Crippen LogP) is 1.76. The molecule has 1 fully saturated rings. The molecule has 1 N–H and O–H groups in total. The number of nitrogens with zero attached hydrogens (tertiary/aromatic N) is 2. The van der Waals surface area contributed by atoms with E-state index in [0.29, 0.717) is 18.5 Å². The number of aliphatic carboxylic acids is 1. The second-order valence-corrected chi connectivity index (χ2v) is 4.04. The number of rotatable bonds is 2. The lowest BCUT2D eigenvalue weighted by molar-refractivity contribution is -0.145. The van der Waals surface area contributed by atoms with E-state index in [1.54, 1.807) is 12.3 Å². The maximum Gasteiger partial charge on any atom is 0.315 e. The van der Waals surface area contributed by atoms with Gasteiger partial charge in [-0.2, -0.15) is 0 Å². The fourth-order valence-electron chi connectivity index (χ4n) is 2.31. The monoisotopic (exact) mass is 206 g/mol. The zero-order valence-electron chi connectivity index (χ0n) is 8.52. The minimum Gasteiger partial charge on any atom is -0.481 e. The van der Waals surface area contributed by atoms with Gasteiger partial charge in [-0.3, -0.25) is 4.79 Å². The first kappa shape index (κ1) is 10.1. The molecule has 0 radical (unpaired) electrons. The van der Waals surface area contributed by atoms with Crippen molar-refractivity contribution in [3.8, 4) is 0 Å². The van der Waals surface area contributed by atoms with Gasteiger partial charge in [0, 0.05) is 6.20 Å². The molecule has 0 saturated heterocycles. The standard InChI is InChI=1S/C11H14N2O2/c14-10(15)11(5-2-1-3-6-11)9-4-7-12-8-13-9/h4,7-8H,1-3,5-6H2,(H,14,15). The first-order valence-electron chi connectivity index (χ1n) is 5.26. The molecule has 2 rings (SSSR count). The van der Waals surface area contributed by atoms with E-state index in [1.807, 2.05) is 0 Å². The van der Waals surface area contributed by atoms with Crippen LogP contribution >= 0.6 is 0 Å². The van der Waals surface area contributed by atoms with Gasteiger partial charge in [-0.1, -0.05) is 19.3 Å². The van der Waals surface area contributed by atoms with E-state index in [0.717, 1.165) is 19.3 Å². The first-order valence-corrected chi connectivity index (χ1v) is 5.26. The molecule has 0 aliphatic heterocycles. The van der Waals surface area contributed by atoms with Crippen LogP contribution in [0.15, 0.2) is 18.6 Å². The van der Waals surface area contributed by atoms with Crippen LogP contribution in [-0.2, 0) is 10.2 Å². The van der Waals surface area contributed by atoms with Crippen LogP contribution < -0.4 is 0 Å². The van der Waals surface area contributed by atoms with Gasteiger partial charge < -0.3 is 5.11 Å². The summed E-state index contributed by atoms with van der Waals surface area (Å²) in [6.45, 7) is 0. The van der Waals surface area contributed by atoms with Gasteiger partial charge in [-0.25, -0.2) is 9.97 Å². The summed E-state index contributed by atoms with van der Waals surface area (Å²) < 4.78 is 0. The van der Waals surface area contributed by atoms with Gasteiger partial charge in [-0.15, -0.1) is 0 Å². The topological polar surface area (TPSA) is 63.1 Å². The second-order valence-electron chi connectivity index (χ2n) is 4.04. The summed E-state index contributed by atoms with van der Waals surface area (Å²) in [4.78, 5) is 19.3. The summed E-state index contributed by atoms with van der Waals surface area (Å²) in [5, 5.41) is 9.38. The lowest BCUT2D eigenvalue weighted by atomic mass is 9.72. The van der Waals surface area contributed by atoms with Crippen LogP contribution in [0.1, 0.15) is 37.8 Å². The van der Waals surface area contributed by atoms with Gasteiger partial charge in [0.2, 0.25) is 0 Å². The normalized spacial score (nSPS) is 19.7. The van der Waals surface area contributed by atoms with Crippen LogP contribution in [0.5, 0.6) is 0 Å². The molecule has 0 atom stereocenters. The van der Waals surface area contributed by atoms with Crippen LogP contribution in [0.25, 0.3) is 0 Å². The highest BCUT2D eigenvalue weighted by Crippen LogP contribution is 2.38. The van der Waals surface area contributed by atoms with E-state index < -0.39 is 11.4 Å². The maximum atomic E-state index is 11.4. The van der Waals surface area contributed by atoms with Crippen molar-refractivity contribution in [2.45, 2.75) is 37.5 Å². The molecule has 0 aromatic carbocycles. The Labute approximate surface area is 88.4 Å². The molecular weight excluding hydrogens is 192 g/mol. The fraction of sp³-hybridized carbons (Fsp3) is 0.545. The molecule has 0 amide bonds. The maximum absolute atomic E-state index is 11.4. The number of carboxylic acids is 1. The molecule has 1 aliphatic carbocycles. The summed E-state index contributed by atoms with van der Waals surface area (Å²) in [5.74, 6) is -0.749. The summed E-state index contributed by atoms with van der Waals surface area (Å²) >= 11 is 0. The van der Waals surface area contributed by atoms with E-state index in [9.17, 15) is 9.90 Å². The van der Waals surface area contributed by atoms with Crippen molar-refractivity contribution in [1.29, 1.82) is 0 Å². The smallest absolute Gasteiger partial charge is 0.315 e. The number of hydrogen-bond donors (Lipinski definition) is 1. The zero-order valence-corrected chi connectivity index (χ0v) is 8.52. The van der Waals surface area contributed by atoms with Crippen LogP contribution in [0.3, 0.4) is 0 Å². The van der Waals surface area contributed by atoms with Gasteiger partial charge >= 0.3 is 5.97 Å². The number of aromatic nitrogens is 2. The molecule has 1 aliphatic rings. The number of hydrogen-bond acceptors (Lipinski definition) is 3. The van der Waals surface area contributed by atoms with Crippen LogP contribution in [0.2, 0.25) is 0 Å². The summed E-state index contributed by atoms with van der Waals surface area (Å²) in [6, 6.07) is 1.72. The predicted molar refractivity (Wildman–Crippen MR) is 54.4 cm³/mol. The molecule has 1 aromatic heterocycles. The van der Waals surface area contributed by atoms with E-state index in [1.165, 1.54) is 6.33 Å². The van der Waals surface area contributed by atoms with Crippen molar-refractivity contribution in [3.63, 3.8) is 0 Å². The second kappa shape index (κ2) is 3.96. The molecule has 80 valence electrons. The first-order chi connectivity index (χ1) is 7.26. The minimum atomic E-state index is -0.763. The molecule has 0 unspecified atom stereocenters. The molecule has 1 aromatic rings. The molecule has 0 spiro atoms. The molecule has 1 heterocycles. The van der Waals surface area contributed by atoms with Gasteiger partial charge in [0.25, 0.3) is 0 Å². The lowest BCUT2D eigenvalue weighted by Crippen LogP contribution is -2.38. The Morgan fingerprint density at radius 2 is 2.07 bits per heavy atom. The molecule has 0 bridgehead atoms. The highest BCUT2D eigenvalue weighted by atomic mass is 16.4. The minimum absolute atomic E-state index is 0.657. The van der Waals surface area contributed by atoms with Crippen LogP contribution in [-0.4, -0.2) is 21.0 Å². The van der Waals surface area contributed by atoms with Crippen LogP contribution in [0, 0.1) is 0 Å². The lowest BCUT2D eigenvalue weighted by Gasteiger charge is -2.32. The quantitative estimate of drug-likeness (QED) is 0.800. The third-order valence-electron chi connectivity index (χ3n) is 3.19. The van der Waals surface area contributed by atoms with Gasteiger partial charge in [0.15, 0.2) is 0 Å². The Morgan fingerprint density at radius 1 is 1.33 bits per heavy atom. The Hall–Kier alpha value is -1.45. The van der Waals surface area contributed by atoms with E-state index >= 15 is 0 Å². The summed E-state index contributed by atoms with van der Waals surface area (Å²) in [6.07, 6.45) is 7.49. The third-order valence-corrected chi connectivity index (χ3v) is 3.19. The SMILES string of the molecule is O=C(O)C1(c2ccncn2)CCCCC1. The van der Waals surface area contributed by atoms with Gasteiger partial charge in [0.05, 0.1) is 5.69 Å². The highest BCUT2D eigenvalue weighted by Gasteiger charge is 2.42. The van der Waals surface area contributed by atoms with Crippen LogP contribution in [0.4, 0.5) is 0 Å². The number of carboxylic acid groups (broad SMARTS) is 1. The van der Waals surface area contributed by atoms with Crippen molar-refractivity contribution < 1.29 is 9.90 Å². The summed E-state index contributed by atoms with van der Waals surface area (Å²) in [7, 11) is 0. The van der Waals surface area contributed by atoms with Crippen molar-refractivity contribution in [3.05, 3.63) is 24.3 Å². The van der Waals surface area contributed by atoms with Crippen molar-refractivity contribution in [2.24, 2.45) is 0 Å². The Kier molecular flexibility index (Phi) is 2.66. The molecular formula is C11H14N2O2. The Bertz CT molecular complexity index is 345. The number of carbonyl (C=O) groups is 1. The summed E-state index contributed by atoms with van der Waals surface area (Å²) in [5.41, 5.74) is -0.106. The van der Waals surface area contributed by atoms with Crippen molar-refractivity contribution in [1.82, 2.24) is 9.97 Å². The molecule has 1 saturated carbocycles. The van der Waals surface area contributed by atoms with E-state index in [-0.39, 0.29) is 0 Å². The fourth-order valence-corrected chi connectivity index (χ4v) is 2.31. The molecule has 4 heteroatoms.